The molecule has 0 aliphatic rings. The number of carboxylic acids is 2. The van der Waals surface area contributed by atoms with E-state index in [9.17, 15) is 19.5 Å². The highest BCUT2D eigenvalue weighted by Crippen LogP contribution is 2.17. The van der Waals surface area contributed by atoms with Crippen LogP contribution in [0.4, 0.5) is 0 Å². The van der Waals surface area contributed by atoms with Gasteiger partial charge < -0.3 is 15.3 Å². The van der Waals surface area contributed by atoms with Crippen molar-refractivity contribution < 1.29 is 29.7 Å². The first-order valence-corrected chi connectivity index (χ1v) is 5.10. The number of ketones is 1. The fourth-order valence-electron chi connectivity index (χ4n) is 1.28. The number of aliphatic hydroxyl groups is 1. The first-order chi connectivity index (χ1) is 8.93. The molecule has 0 heterocycles. The van der Waals surface area contributed by atoms with E-state index in [1.165, 1.54) is 24.3 Å². The highest BCUT2D eigenvalue weighted by atomic mass is 16.4. The van der Waals surface area contributed by atoms with E-state index in [2.05, 4.69) is 0 Å². The molecule has 3 N–H and O–H groups in total. The molecule has 0 radical (unpaired) electrons. The zero-order valence-corrected chi connectivity index (χ0v) is 9.61. The van der Waals surface area contributed by atoms with Crippen molar-refractivity contribution in [1.82, 2.24) is 0 Å². The number of aromatic carboxylic acids is 1. The lowest BCUT2D eigenvalue weighted by Gasteiger charge is -2.03. The molecule has 0 bridgehead atoms. The largest absolute Gasteiger partial charge is 0.507 e. The average Bonchev–Trinajstić information content (AvgIpc) is 2.38. The van der Waals surface area contributed by atoms with Gasteiger partial charge in [-0.15, -0.1) is 0 Å². The second-order valence-corrected chi connectivity index (χ2v) is 3.43. The van der Waals surface area contributed by atoms with Gasteiger partial charge >= 0.3 is 11.9 Å². The second-order valence-electron chi connectivity index (χ2n) is 3.43. The van der Waals surface area contributed by atoms with Crippen LogP contribution in [-0.4, -0.2) is 33.0 Å². The molecule has 0 saturated heterocycles. The van der Waals surface area contributed by atoms with Gasteiger partial charge in [-0.2, -0.15) is 0 Å². The Morgan fingerprint density at radius 1 is 0.947 bits per heavy atom. The summed E-state index contributed by atoms with van der Waals surface area (Å²) in [5.41, 5.74) is -0.0309. The molecule has 98 valence electrons. The normalized spacial score (nSPS) is 11.5. The summed E-state index contributed by atoms with van der Waals surface area (Å²) in [5, 5.41) is 26.9. The minimum Gasteiger partial charge on any atom is -0.507 e. The van der Waals surface area contributed by atoms with Crippen molar-refractivity contribution in [3.05, 3.63) is 53.6 Å². The fourth-order valence-corrected chi connectivity index (χ4v) is 1.28. The Hall–Kier alpha value is -2.89. The molecule has 0 aliphatic heterocycles. The number of carboxylic acid groups (broad SMARTS) is 2. The van der Waals surface area contributed by atoms with Crippen LogP contribution in [0.3, 0.4) is 0 Å². The van der Waals surface area contributed by atoms with Gasteiger partial charge in [0.2, 0.25) is 0 Å². The summed E-state index contributed by atoms with van der Waals surface area (Å²) in [6, 6.07) is 5.75. The monoisotopic (exact) mass is 262 g/mol. The average molecular weight is 262 g/mol. The topological polar surface area (TPSA) is 112 Å². The van der Waals surface area contributed by atoms with Crippen LogP contribution in [0.25, 0.3) is 5.76 Å². The zero-order chi connectivity index (χ0) is 14.4. The number of benzene rings is 1. The number of hydrogen-bond acceptors (Lipinski definition) is 4. The lowest BCUT2D eigenvalue weighted by Crippen LogP contribution is -2.08. The first-order valence-electron chi connectivity index (χ1n) is 5.10. The van der Waals surface area contributed by atoms with Gasteiger partial charge in [-0.1, -0.05) is 24.3 Å². The maximum absolute atomic E-state index is 10.9. The van der Waals surface area contributed by atoms with Crippen molar-refractivity contribution in [1.29, 1.82) is 0 Å². The van der Waals surface area contributed by atoms with Crippen LogP contribution in [-0.2, 0) is 9.59 Å². The summed E-state index contributed by atoms with van der Waals surface area (Å²) in [5.74, 6) is -4.35. The number of aliphatic hydroxyl groups excluding tert-OH is 1. The van der Waals surface area contributed by atoms with Crippen LogP contribution in [0.5, 0.6) is 0 Å². The van der Waals surface area contributed by atoms with Crippen molar-refractivity contribution in [3.8, 4) is 0 Å². The predicted molar refractivity (Wildman–Crippen MR) is 65.8 cm³/mol. The standard InChI is InChI=1S/C13H10O6/c14-10(6-3-7-11(15)13(18)19)8-4-1-2-5-9(8)12(16)17/h1-7,14H,(H,16,17)(H,18,19). The Kier molecular flexibility index (Phi) is 4.59. The Balaban J connectivity index is 3.01. The lowest BCUT2D eigenvalue weighted by molar-refractivity contribution is -0.146. The number of carbonyl (C=O) groups excluding carboxylic acids is 1. The molecule has 1 aromatic rings. The van der Waals surface area contributed by atoms with Crippen LogP contribution in [0.2, 0.25) is 0 Å². The molecule has 0 fully saturated rings. The maximum atomic E-state index is 10.9. The molecule has 0 atom stereocenters. The molecular formula is C13H10O6. The van der Waals surface area contributed by atoms with Crippen LogP contribution in [0, 0.1) is 0 Å². The number of allylic oxidation sites excluding steroid dienone is 2. The SMILES string of the molecule is O=C(O)C(=O)C=CC=C(O)c1ccccc1C(=O)O. The Morgan fingerprint density at radius 3 is 2.05 bits per heavy atom. The number of aliphatic carboxylic acids is 1. The lowest BCUT2D eigenvalue weighted by atomic mass is 10.1. The minimum absolute atomic E-state index is 0.0717. The van der Waals surface area contributed by atoms with Gasteiger partial charge in [0.15, 0.2) is 0 Å². The van der Waals surface area contributed by atoms with Gasteiger partial charge in [0, 0.05) is 5.56 Å². The molecule has 0 unspecified atom stereocenters. The molecule has 1 rings (SSSR count). The summed E-state index contributed by atoms with van der Waals surface area (Å²) in [4.78, 5) is 31.9. The van der Waals surface area contributed by atoms with E-state index in [1.807, 2.05) is 0 Å². The van der Waals surface area contributed by atoms with Crippen molar-refractivity contribution in [2.24, 2.45) is 0 Å². The van der Waals surface area contributed by atoms with Gasteiger partial charge in [-0.25, -0.2) is 9.59 Å². The minimum atomic E-state index is -1.62. The van der Waals surface area contributed by atoms with E-state index >= 15 is 0 Å². The van der Waals surface area contributed by atoms with E-state index in [4.69, 9.17) is 10.2 Å². The fraction of sp³-hybridized carbons (Fsp3) is 0. The van der Waals surface area contributed by atoms with Crippen molar-refractivity contribution in [2.45, 2.75) is 0 Å². The number of rotatable bonds is 5. The van der Waals surface area contributed by atoms with E-state index in [-0.39, 0.29) is 16.9 Å². The zero-order valence-electron chi connectivity index (χ0n) is 9.61. The van der Waals surface area contributed by atoms with Gasteiger partial charge in [-0.05, 0) is 18.2 Å². The number of carbonyl (C=O) groups is 3. The molecule has 6 heteroatoms. The van der Waals surface area contributed by atoms with Gasteiger partial charge in [0.1, 0.15) is 5.76 Å². The molecule has 0 aromatic heterocycles. The summed E-state index contributed by atoms with van der Waals surface area (Å²) in [6.07, 6.45) is 2.83. The number of hydrogen-bond donors (Lipinski definition) is 3. The first kappa shape index (κ1) is 14.2. The summed E-state index contributed by atoms with van der Waals surface area (Å²) in [6.45, 7) is 0. The van der Waals surface area contributed by atoms with Crippen LogP contribution in [0.15, 0.2) is 42.5 Å². The molecular weight excluding hydrogens is 252 g/mol. The summed E-state index contributed by atoms with van der Waals surface area (Å²) in [7, 11) is 0. The van der Waals surface area contributed by atoms with E-state index in [1.54, 1.807) is 0 Å². The molecule has 6 nitrogen and oxygen atoms in total. The summed E-state index contributed by atoms with van der Waals surface area (Å²) < 4.78 is 0. The summed E-state index contributed by atoms with van der Waals surface area (Å²) >= 11 is 0. The predicted octanol–water partition coefficient (Wildman–Crippen LogP) is 1.49. The quantitative estimate of drug-likeness (QED) is 0.321. The van der Waals surface area contributed by atoms with Crippen LogP contribution >= 0.6 is 0 Å². The Labute approximate surface area is 107 Å². The van der Waals surface area contributed by atoms with E-state index in [0.29, 0.717) is 0 Å². The van der Waals surface area contributed by atoms with Crippen molar-refractivity contribution in [3.63, 3.8) is 0 Å². The molecule has 0 amide bonds. The highest BCUT2D eigenvalue weighted by molar-refractivity contribution is 6.37. The Morgan fingerprint density at radius 2 is 1.53 bits per heavy atom. The van der Waals surface area contributed by atoms with E-state index in [0.717, 1.165) is 18.2 Å². The third kappa shape index (κ3) is 3.81. The van der Waals surface area contributed by atoms with Crippen molar-refractivity contribution >= 4 is 23.5 Å². The van der Waals surface area contributed by atoms with Crippen LogP contribution < -0.4 is 0 Å². The highest BCUT2D eigenvalue weighted by Gasteiger charge is 2.11. The van der Waals surface area contributed by atoms with E-state index < -0.39 is 17.7 Å². The Bertz CT molecular complexity index is 583. The third-order valence-corrected chi connectivity index (χ3v) is 2.15. The molecule has 0 saturated carbocycles. The van der Waals surface area contributed by atoms with Crippen molar-refractivity contribution in [2.75, 3.05) is 0 Å². The molecule has 1 aromatic carbocycles. The third-order valence-electron chi connectivity index (χ3n) is 2.15. The van der Waals surface area contributed by atoms with Crippen LogP contribution in [0.1, 0.15) is 15.9 Å². The van der Waals surface area contributed by atoms with Gasteiger partial charge in [0.25, 0.3) is 5.78 Å². The second kappa shape index (κ2) is 6.15. The molecule has 19 heavy (non-hydrogen) atoms. The maximum Gasteiger partial charge on any atom is 0.376 e. The van der Waals surface area contributed by atoms with Gasteiger partial charge in [0.05, 0.1) is 5.56 Å². The smallest absolute Gasteiger partial charge is 0.376 e. The molecule has 0 aliphatic carbocycles. The van der Waals surface area contributed by atoms with Gasteiger partial charge in [-0.3, -0.25) is 4.79 Å². The molecule has 0 spiro atoms.